The maximum absolute atomic E-state index is 5.39. The predicted octanol–water partition coefficient (Wildman–Crippen LogP) is 2.57. The van der Waals surface area contributed by atoms with Crippen molar-refractivity contribution in [2.24, 2.45) is 11.5 Å². The molecule has 0 radical (unpaired) electrons. The Bertz CT molecular complexity index is 87.4. The zero-order chi connectivity index (χ0) is 9.78. The number of hydrogen-bond acceptors (Lipinski definition) is 3. The van der Waals surface area contributed by atoms with Crippen LogP contribution in [0.3, 0.4) is 0 Å². The van der Waals surface area contributed by atoms with Crippen LogP contribution in [0.2, 0.25) is 0 Å². The summed E-state index contributed by atoms with van der Waals surface area (Å²) in [6.07, 6.45) is 7.35. The quantitative estimate of drug-likeness (QED) is 0.467. The smallest absolute Gasteiger partial charge is 0.00489 e. The highest BCUT2D eigenvalue weighted by Crippen LogP contribution is 1.93. The second kappa shape index (κ2) is 25.2. The van der Waals surface area contributed by atoms with Gasteiger partial charge in [0.15, 0.2) is 0 Å². The summed E-state index contributed by atoms with van der Waals surface area (Å²) in [7, 11) is 0. The molecule has 16 heavy (non-hydrogen) atoms. The molecule has 104 valence electrons. The van der Waals surface area contributed by atoms with Gasteiger partial charge in [-0.25, -0.2) is 0 Å². The highest BCUT2D eigenvalue weighted by molar-refractivity contribution is 8.93. The minimum Gasteiger partial charge on any atom is -0.330 e. The van der Waals surface area contributed by atoms with Gasteiger partial charge in [-0.05, 0) is 51.9 Å². The minimum absolute atomic E-state index is 0. The van der Waals surface area contributed by atoms with Gasteiger partial charge in [-0.15, -0.1) is 50.9 Å². The third kappa shape index (κ3) is 24.5. The molecule has 5 N–H and O–H groups in total. The fraction of sp³-hybridized carbons (Fsp3) is 1.00. The summed E-state index contributed by atoms with van der Waals surface area (Å²) in [4.78, 5) is 0. The van der Waals surface area contributed by atoms with Crippen molar-refractivity contribution in [2.45, 2.75) is 38.5 Å². The Balaban J connectivity index is -0.000000240. The predicted molar refractivity (Wildman–Crippen MR) is 89.6 cm³/mol. The van der Waals surface area contributed by atoms with E-state index in [1.165, 1.54) is 25.7 Å². The van der Waals surface area contributed by atoms with Gasteiger partial charge in [-0.2, -0.15) is 0 Å². The fourth-order valence-electron chi connectivity index (χ4n) is 1.27. The van der Waals surface area contributed by atoms with Crippen LogP contribution in [-0.4, -0.2) is 26.2 Å². The van der Waals surface area contributed by atoms with Gasteiger partial charge >= 0.3 is 0 Å². The van der Waals surface area contributed by atoms with E-state index in [0.29, 0.717) is 0 Å². The van der Waals surface area contributed by atoms with E-state index in [1.807, 2.05) is 0 Å². The van der Waals surface area contributed by atoms with E-state index in [2.05, 4.69) is 5.32 Å². The lowest BCUT2D eigenvalue weighted by atomic mass is 10.2. The first-order chi connectivity index (χ1) is 6.41. The van der Waals surface area contributed by atoms with E-state index in [1.54, 1.807) is 0 Å². The molecule has 0 heterocycles. The van der Waals surface area contributed by atoms with Crippen molar-refractivity contribution in [3.8, 4) is 0 Å². The van der Waals surface area contributed by atoms with Crippen LogP contribution in [0.15, 0.2) is 0 Å². The number of nitrogens with two attached hydrogens (primary N) is 2. The Kier molecular flexibility index (Phi) is 41.0. The highest BCUT2D eigenvalue weighted by atomic mass is 79.9. The normalized spacial score (nSPS) is 8.62. The molecule has 0 rings (SSSR count). The van der Waals surface area contributed by atoms with E-state index in [0.717, 1.165) is 39.0 Å². The lowest BCUT2D eigenvalue weighted by Gasteiger charge is -2.03. The van der Waals surface area contributed by atoms with Crippen molar-refractivity contribution < 1.29 is 0 Å². The highest BCUT2D eigenvalue weighted by Gasteiger charge is 1.89. The van der Waals surface area contributed by atoms with Crippen LogP contribution in [-0.2, 0) is 0 Å². The van der Waals surface area contributed by atoms with Crippen LogP contribution in [0.1, 0.15) is 38.5 Å². The molecule has 0 spiro atoms. The van der Waals surface area contributed by atoms with Crippen molar-refractivity contribution >= 4 is 50.9 Å². The molecule has 0 aliphatic carbocycles. The van der Waals surface area contributed by atoms with Crippen LogP contribution in [0.25, 0.3) is 0 Å². The van der Waals surface area contributed by atoms with Gasteiger partial charge in [0.05, 0.1) is 0 Å². The Morgan fingerprint density at radius 3 is 1.25 bits per heavy atom. The Morgan fingerprint density at radius 2 is 0.938 bits per heavy atom. The van der Waals surface area contributed by atoms with Gasteiger partial charge in [-0.1, -0.05) is 12.8 Å². The first-order valence-corrected chi connectivity index (χ1v) is 5.52. The summed E-state index contributed by atoms with van der Waals surface area (Å²) in [5, 5.41) is 3.42. The Hall–Kier alpha value is 1.32. The molecule has 0 saturated heterocycles. The van der Waals surface area contributed by atoms with Crippen LogP contribution >= 0.6 is 50.9 Å². The largest absolute Gasteiger partial charge is 0.330 e. The zero-order valence-corrected chi connectivity index (χ0v) is 15.1. The van der Waals surface area contributed by atoms with Crippen molar-refractivity contribution in [1.82, 2.24) is 5.32 Å². The van der Waals surface area contributed by atoms with Gasteiger partial charge < -0.3 is 16.8 Å². The average Bonchev–Trinajstić information content (AvgIpc) is 2.16. The second-order valence-corrected chi connectivity index (χ2v) is 3.45. The molecule has 0 aliphatic heterocycles. The molecule has 0 bridgehead atoms. The maximum atomic E-state index is 5.39. The van der Waals surface area contributed by atoms with E-state index >= 15 is 0 Å². The molecule has 0 fully saturated rings. The van der Waals surface area contributed by atoms with Crippen molar-refractivity contribution in [2.75, 3.05) is 26.2 Å². The Labute approximate surface area is 132 Å². The Morgan fingerprint density at radius 1 is 0.562 bits per heavy atom. The SMILES string of the molecule is Br.Br.Br.NCCCCCNCCCCCN. The molecule has 6 heteroatoms. The molecule has 0 atom stereocenters. The molecule has 0 unspecified atom stereocenters. The van der Waals surface area contributed by atoms with Gasteiger partial charge in [-0.3, -0.25) is 0 Å². The fourth-order valence-corrected chi connectivity index (χ4v) is 1.27. The molecular weight excluding hydrogens is 402 g/mol. The van der Waals surface area contributed by atoms with Crippen LogP contribution < -0.4 is 16.8 Å². The lowest BCUT2D eigenvalue weighted by molar-refractivity contribution is 0.572. The third-order valence-corrected chi connectivity index (χ3v) is 2.12. The summed E-state index contributed by atoms with van der Waals surface area (Å²) < 4.78 is 0. The van der Waals surface area contributed by atoms with Crippen LogP contribution in [0.4, 0.5) is 0 Å². The number of unbranched alkanes of at least 4 members (excludes halogenated alkanes) is 4. The van der Waals surface area contributed by atoms with Crippen LogP contribution in [0.5, 0.6) is 0 Å². The summed E-state index contributed by atoms with van der Waals surface area (Å²) in [5.41, 5.74) is 10.8. The van der Waals surface area contributed by atoms with E-state index in [4.69, 9.17) is 11.5 Å². The first kappa shape index (κ1) is 26.0. The third-order valence-electron chi connectivity index (χ3n) is 2.12. The van der Waals surface area contributed by atoms with Gasteiger partial charge in [0.25, 0.3) is 0 Å². The molecular formula is C10H28Br3N3. The molecule has 0 amide bonds. The van der Waals surface area contributed by atoms with Gasteiger partial charge in [0, 0.05) is 0 Å². The molecule has 0 aromatic heterocycles. The molecule has 3 nitrogen and oxygen atoms in total. The average molecular weight is 430 g/mol. The van der Waals surface area contributed by atoms with Gasteiger partial charge in [0.1, 0.15) is 0 Å². The van der Waals surface area contributed by atoms with Crippen molar-refractivity contribution in [1.29, 1.82) is 0 Å². The molecule has 0 aromatic carbocycles. The number of halogens is 3. The second-order valence-electron chi connectivity index (χ2n) is 3.45. The zero-order valence-electron chi connectivity index (χ0n) is 9.95. The first-order valence-electron chi connectivity index (χ1n) is 5.52. The minimum atomic E-state index is 0. The molecule has 0 aliphatic rings. The monoisotopic (exact) mass is 427 g/mol. The maximum Gasteiger partial charge on any atom is -0.00489 e. The van der Waals surface area contributed by atoms with Crippen molar-refractivity contribution in [3.05, 3.63) is 0 Å². The topological polar surface area (TPSA) is 64.1 Å². The lowest BCUT2D eigenvalue weighted by Crippen LogP contribution is -2.17. The van der Waals surface area contributed by atoms with E-state index in [9.17, 15) is 0 Å². The summed E-state index contributed by atoms with van der Waals surface area (Å²) in [6, 6.07) is 0. The summed E-state index contributed by atoms with van der Waals surface area (Å²) in [6.45, 7) is 3.94. The molecule has 0 aromatic rings. The number of rotatable bonds is 10. The van der Waals surface area contributed by atoms with Crippen molar-refractivity contribution in [3.63, 3.8) is 0 Å². The number of hydrogen-bond donors (Lipinski definition) is 3. The molecule has 0 saturated carbocycles. The van der Waals surface area contributed by atoms with Gasteiger partial charge in [0.2, 0.25) is 0 Å². The summed E-state index contributed by atoms with van der Waals surface area (Å²) in [5.74, 6) is 0. The number of nitrogens with one attached hydrogen (secondary N) is 1. The van der Waals surface area contributed by atoms with E-state index < -0.39 is 0 Å². The summed E-state index contributed by atoms with van der Waals surface area (Å²) >= 11 is 0. The van der Waals surface area contributed by atoms with Crippen LogP contribution in [0, 0.1) is 0 Å². The van der Waals surface area contributed by atoms with E-state index in [-0.39, 0.29) is 50.9 Å². The standard InChI is InChI=1S/C10H25N3.3BrH/c11-7-3-1-5-9-13-10-6-2-4-8-12;;;/h13H,1-12H2;3*1H.